The second kappa shape index (κ2) is 10.2. The zero-order valence-electron chi connectivity index (χ0n) is 22.5. The summed E-state index contributed by atoms with van der Waals surface area (Å²) in [7, 11) is 3.58. The van der Waals surface area contributed by atoms with Gasteiger partial charge in [0.1, 0.15) is 12.4 Å². The lowest BCUT2D eigenvalue weighted by Gasteiger charge is -2.35. The Morgan fingerprint density at radius 1 is 0.914 bits per heavy atom. The first-order chi connectivity index (χ1) is 16.4. The molecule has 4 nitrogen and oxygen atoms in total. The minimum atomic E-state index is -0.427. The molecule has 0 N–H and O–H groups in total. The lowest BCUT2D eigenvalue weighted by atomic mass is 9.68. The molecule has 3 rings (SSSR count). The number of nitrogens with zero attached hydrogens (tertiary/aromatic N) is 1. The van der Waals surface area contributed by atoms with Crippen LogP contribution in [-0.4, -0.2) is 37.3 Å². The van der Waals surface area contributed by atoms with E-state index in [2.05, 4.69) is 50.2 Å². The highest BCUT2D eigenvalue weighted by molar-refractivity contribution is 6.00. The van der Waals surface area contributed by atoms with Crippen molar-refractivity contribution in [3.05, 3.63) is 76.9 Å². The van der Waals surface area contributed by atoms with Crippen LogP contribution in [0.15, 0.2) is 54.6 Å². The van der Waals surface area contributed by atoms with Crippen LogP contribution >= 0.6 is 0 Å². The standard InChI is InChI=1S/C31H39NO3/c1-9-31(10-2,24-15-16-27(21(3)17-24)35-20-28(33)30(4,5)6)26-19-23(29(34)32(7)8)18-22-13-11-12-14-25(22)26/h11-19H,9-10,20H2,1-8H3. The normalized spacial score (nSPS) is 12.0. The minimum Gasteiger partial charge on any atom is -0.486 e. The first-order valence-corrected chi connectivity index (χ1v) is 12.5. The molecular formula is C31H39NO3. The van der Waals surface area contributed by atoms with Gasteiger partial charge in [-0.1, -0.05) is 71.0 Å². The summed E-state index contributed by atoms with van der Waals surface area (Å²) in [6.45, 7) is 12.2. The molecule has 0 saturated carbocycles. The third-order valence-electron chi connectivity index (χ3n) is 7.16. The molecule has 0 aromatic heterocycles. The van der Waals surface area contributed by atoms with Crippen LogP contribution in [0.1, 0.15) is 74.5 Å². The molecule has 4 heteroatoms. The van der Waals surface area contributed by atoms with E-state index in [1.807, 2.05) is 45.9 Å². The van der Waals surface area contributed by atoms with Crippen LogP contribution in [0, 0.1) is 12.3 Å². The van der Waals surface area contributed by atoms with Crippen LogP contribution in [0.4, 0.5) is 0 Å². The van der Waals surface area contributed by atoms with Gasteiger partial charge >= 0.3 is 0 Å². The summed E-state index contributed by atoms with van der Waals surface area (Å²) >= 11 is 0. The molecule has 0 atom stereocenters. The number of fused-ring (bicyclic) bond motifs is 1. The number of hydrogen-bond donors (Lipinski definition) is 0. The van der Waals surface area contributed by atoms with Crippen molar-refractivity contribution in [2.75, 3.05) is 20.7 Å². The van der Waals surface area contributed by atoms with Crippen molar-refractivity contribution >= 4 is 22.5 Å². The molecule has 0 radical (unpaired) electrons. The molecule has 0 aliphatic carbocycles. The number of amides is 1. The summed E-state index contributed by atoms with van der Waals surface area (Å²) in [6, 6.07) is 18.7. The van der Waals surface area contributed by atoms with Gasteiger partial charge in [0.05, 0.1) is 0 Å². The molecule has 0 unspecified atom stereocenters. The Morgan fingerprint density at radius 3 is 2.14 bits per heavy atom. The van der Waals surface area contributed by atoms with Crippen molar-refractivity contribution < 1.29 is 14.3 Å². The van der Waals surface area contributed by atoms with Gasteiger partial charge in [-0.05, 0) is 65.4 Å². The Labute approximate surface area is 210 Å². The van der Waals surface area contributed by atoms with Crippen molar-refractivity contribution in [3.8, 4) is 5.75 Å². The molecule has 35 heavy (non-hydrogen) atoms. The van der Waals surface area contributed by atoms with Gasteiger partial charge in [0.15, 0.2) is 5.78 Å². The Kier molecular flexibility index (Phi) is 7.74. The van der Waals surface area contributed by atoms with Crippen LogP contribution < -0.4 is 4.74 Å². The second-order valence-electron chi connectivity index (χ2n) is 10.7. The molecule has 0 heterocycles. The number of benzene rings is 3. The number of aryl methyl sites for hydroxylation is 1. The number of ketones is 1. The maximum atomic E-state index is 13.0. The number of carbonyl (C=O) groups is 2. The lowest BCUT2D eigenvalue weighted by Crippen LogP contribution is -2.28. The van der Waals surface area contributed by atoms with E-state index in [1.165, 1.54) is 16.5 Å². The van der Waals surface area contributed by atoms with Crippen molar-refractivity contribution in [2.24, 2.45) is 5.41 Å². The topological polar surface area (TPSA) is 46.6 Å². The van der Waals surface area contributed by atoms with Gasteiger partial charge in [0, 0.05) is 30.5 Å². The first kappa shape index (κ1) is 26.5. The summed E-state index contributed by atoms with van der Waals surface area (Å²) in [5, 5.41) is 2.24. The summed E-state index contributed by atoms with van der Waals surface area (Å²) in [4.78, 5) is 26.9. The van der Waals surface area contributed by atoms with Gasteiger partial charge in [-0.3, -0.25) is 9.59 Å². The fraction of sp³-hybridized carbons (Fsp3) is 0.419. The number of ether oxygens (including phenoxy) is 1. The van der Waals surface area contributed by atoms with Crippen LogP contribution in [-0.2, 0) is 10.2 Å². The third-order valence-corrected chi connectivity index (χ3v) is 7.16. The average molecular weight is 474 g/mol. The highest BCUT2D eigenvalue weighted by Crippen LogP contribution is 2.43. The first-order valence-electron chi connectivity index (χ1n) is 12.5. The van der Waals surface area contributed by atoms with E-state index in [0.717, 1.165) is 29.5 Å². The monoisotopic (exact) mass is 473 g/mol. The molecule has 0 aliphatic heterocycles. The van der Waals surface area contributed by atoms with E-state index < -0.39 is 5.41 Å². The molecule has 0 aliphatic rings. The smallest absolute Gasteiger partial charge is 0.253 e. The van der Waals surface area contributed by atoms with Gasteiger partial charge < -0.3 is 9.64 Å². The molecule has 1 amide bonds. The average Bonchev–Trinajstić information content (AvgIpc) is 2.83. The van der Waals surface area contributed by atoms with E-state index in [1.54, 1.807) is 19.0 Å². The minimum absolute atomic E-state index is 0.00144. The van der Waals surface area contributed by atoms with Crippen molar-refractivity contribution in [1.29, 1.82) is 0 Å². The number of Topliss-reactive ketones (excluding diaryl/α,β-unsaturated/α-hetero) is 1. The molecule has 186 valence electrons. The molecular weight excluding hydrogens is 434 g/mol. The molecule has 3 aromatic carbocycles. The molecule has 0 bridgehead atoms. The summed E-state index contributed by atoms with van der Waals surface area (Å²) in [5.41, 5.74) is 3.36. The van der Waals surface area contributed by atoms with E-state index in [0.29, 0.717) is 5.56 Å². The lowest BCUT2D eigenvalue weighted by molar-refractivity contribution is -0.128. The second-order valence-corrected chi connectivity index (χ2v) is 10.7. The Hall–Kier alpha value is -3.14. The largest absolute Gasteiger partial charge is 0.486 e. The van der Waals surface area contributed by atoms with Gasteiger partial charge in [0.25, 0.3) is 5.91 Å². The fourth-order valence-electron chi connectivity index (χ4n) is 4.75. The Morgan fingerprint density at radius 2 is 1.57 bits per heavy atom. The molecule has 0 saturated heterocycles. The van der Waals surface area contributed by atoms with Crippen molar-refractivity contribution in [2.45, 2.75) is 59.8 Å². The quantitative estimate of drug-likeness (QED) is 0.356. The SMILES string of the molecule is CCC(CC)(c1ccc(OCC(=O)C(C)(C)C)c(C)c1)c1cc(C(=O)N(C)C)cc2ccccc12. The predicted octanol–water partition coefficient (Wildman–Crippen LogP) is 6.95. The number of rotatable bonds is 8. The van der Waals surface area contributed by atoms with Crippen LogP contribution in [0.2, 0.25) is 0 Å². The zero-order chi connectivity index (χ0) is 26.0. The van der Waals surface area contributed by atoms with Gasteiger partial charge in [0.2, 0.25) is 0 Å². The predicted molar refractivity (Wildman–Crippen MR) is 144 cm³/mol. The summed E-state index contributed by atoms with van der Waals surface area (Å²) in [6.07, 6.45) is 1.77. The highest BCUT2D eigenvalue weighted by atomic mass is 16.5. The maximum absolute atomic E-state index is 13.0. The van der Waals surface area contributed by atoms with E-state index in [9.17, 15) is 9.59 Å². The van der Waals surface area contributed by atoms with Crippen LogP contribution in [0.5, 0.6) is 5.75 Å². The van der Waals surface area contributed by atoms with E-state index >= 15 is 0 Å². The summed E-state index contributed by atoms with van der Waals surface area (Å²) < 4.78 is 5.91. The Balaban J connectivity index is 2.13. The van der Waals surface area contributed by atoms with E-state index in [4.69, 9.17) is 4.74 Å². The summed E-state index contributed by atoms with van der Waals surface area (Å²) in [5.74, 6) is 0.807. The maximum Gasteiger partial charge on any atom is 0.253 e. The number of hydrogen-bond acceptors (Lipinski definition) is 3. The van der Waals surface area contributed by atoms with Gasteiger partial charge in [-0.25, -0.2) is 0 Å². The fourth-order valence-corrected chi connectivity index (χ4v) is 4.75. The zero-order valence-corrected chi connectivity index (χ0v) is 22.5. The van der Waals surface area contributed by atoms with Crippen LogP contribution in [0.3, 0.4) is 0 Å². The molecule has 3 aromatic rings. The van der Waals surface area contributed by atoms with Crippen molar-refractivity contribution in [1.82, 2.24) is 4.90 Å². The van der Waals surface area contributed by atoms with E-state index in [-0.39, 0.29) is 23.7 Å². The molecule has 0 fully saturated rings. The van der Waals surface area contributed by atoms with Crippen LogP contribution in [0.25, 0.3) is 10.8 Å². The Bertz CT molecular complexity index is 1230. The highest BCUT2D eigenvalue weighted by Gasteiger charge is 2.33. The van der Waals surface area contributed by atoms with Crippen molar-refractivity contribution in [3.63, 3.8) is 0 Å². The van der Waals surface area contributed by atoms with Gasteiger partial charge in [-0.15, -0.1) is 0 Å². The third kappa shape index (κ3) is 5.27. The molecule has 0 spiro atoms. The number of carbonyl (C=O) groups excluding carboxylic acids is 2. The van der Waals surface area contributed by atoms with Gasteiger partial charge in [-0.2, -0.15) is 0 Å².